The lowest BCUT2D eigenvalue weighted by Gasteiger charge is -2.27. The van der Waals surface area contributed by atoms with Crippen LogP contribution in [0.15, 0.2) is 30.3 Å². The maximum absolute atomic E-state index is 15.3. The summed E-state index contributed by atoms with van der Waals surface area (Å²) < 4.78 is 39.6. The zero-order valence-corrected chi connectivity index (χ0v) is 37.7. The molecule has 0 aliphatic carbocycles. The first-order valence-electron chi connectivity index (χ1n) is 22.2. The van der Waals surface area contributed by atoms with E-state index in [2.05, 4.69) is 31.1 Å². The van der Waals surface area contributed by atoms with Crippen molar-refractivity contribution in [2.75, 3.05) is 63.2 Å². The van der Waals surface area contributed by atoms with Crippen LogP contribution in [0.4, 0.5) is 16.3 Å². The monoisotopic (exact) mass is 924 g/mol. The van der Waals surface area contributed by atoms with Crippen molar-refractivity contribution in [2.45, 2.75) is 72.6 Å². The number of aromatic nitrogens is 8. The zero-order valence-electron chi connectivity index (χ0n) is 37.7. The van der Waals surface area contributed by atoms with Crippen LogP contribution in [0, 0.1) is 19.7 Å². The zero-order chi connectivity index (χ0) is 47.5. The van der Waals surface area contributed by atoms with E-state index in [1.54, 1.807) is 33.7 Å². The van der Waals surface area contributed by atoms with Crippen molar-refractivity contribution in [2.24, 2.45) is 11.5 Å². The highest BCUT2D eigenvalue weighted by molar-refractivity contribution is 6.05. The minimum atomic E-state index is -0.767. The minimum absolute atomic E-state index is 0.0676. The number of carbonyl (C=O) groups excluding carboxylic acids is 5. The van der Waals surface area contributed by atoms with E-state index in [0.29, 0.717) is 97.9 Å². The predicted octanol–water partition coefficient (Wildman–Crippen LogP) is 2.91. The van der Waals surface area contributed by atoms with E-state index in [1.807, 2.05) is 11.8 Å². The third-order valence-electron chi connectivity index (χ3n) is 11.7. The summed E-state index contributed by atoms with van der Waals surface area (Å²) in [5.74, 6) is -2.65. The van der Waals surface area contributed by atoms with Crippen LogP contribution in [0.5, 0.6) is 11.5 Å². The molecule has 354 valence electrons. The first-order valence-corrected chi connectivity index (χ1v) is 22.2. The highest BCUT2D eigenvalue weighted by Gasteiger charge is 2.31. The number of nitrogens with zero attached hydrogens (tertiary/aromatic N) is 9. The van der Waals surface area contributed by atoms with Crippen molar-refractivity contribution in [3.63, 3.8) is 0 Å². The number of nitrogens with one attached hydrogen (secondary N) is 3. The van der Waals surface area contributed by atoms with Gasteiger partial charge in [-0.15, -0.1) is 0 Å². The number of hydrogen-bond donors (Lipinski definition) is 5. The average Bonchev–Trinajstić information content (AvgIpc) is 4.05. The summed E-state index contributed by atoms with van der Waals surface area (Å²) >= 11 is 0. The number of halogens is 1. The Morgan fingerprint density at radius 1 is 0.851 bits per heavy atom. The fourth-order valence-electron chi connectivity index (χ4n) is 8.45. The number of benzene rings is 2. The molecule has 8 rings (SSSR count). The number of nitrogens with two attached hydrogens (primary N) is 2. The molecule has 1 saturated heterocycles. The summed E-state index contributed by atoms with van der Waals surface area (Å²) in [4.78, 5) is 76.7. The molecular weight excluding hydrogens is 872 g/mol. The lowest BCUT2D eigenvalue weighted by Crippen LogP contribution is -2.43. The van der Waals surface area contributed by atoms with Crippen LogP contribution in [-0.2, 0) is 29.2 Å². The number of hydrogen-bond acceptors (Lipinski definition) is 13. The standard InChI is InChI=1S/C44H53FN14O8/c1-5-57-31(17-24(3)53-57)41(63)51-43-49-29-18-26(39(46)61)20-32(66-14-8-10-48-34(60)22-55-12-15-65-16-13-55)36(29)56(43)11-7-9-28-23-67-33-21-27(40(47)62)19-30-37(33)59(28)44(50-30)52-42(64)38-35(45)25(4)54-58(38)6-2/h17-21,28H,5-16,22-23H2,1-4H3,(H2,46,61)(H2,47,62)(H,48,60)(H,49,51,63)(H,50,52,64)/t28-/m0/s1. The Morgan fingerprint density at radius 2 is 1.54 bits per heavy atom. The average molecular weight is 925 g/mol. The number of ether oxygens (including phenoxy) is 3. The number of amides is 5. The predicted molar refractivity (Wildman–Crippen MR) is 242 cm³/mol. The molecule has 6 heterocycles. The van der Waals surface area contributed by atoms with Crippen LogP contribution < -0.4 is 36.9 Å². The van der Waals surface area contributed by atoms with Gasteiger partial charge < -0.3 is 40.1 Å². The summed E-state index contributed by atoms with van der Waals surface area (Å²) in [7, 11) is 0. The molecule has 6 aromatic rings. The van der Waals surface area contributed by atoms with Crippen LogP contribution in [0.2, 0.25) is 0 Å². The van der Waals surface area contributed by atoms with Gasteiger partial charge in [-0.3, -0.25) is 48.9 Å². The van der Waals surface area contributed by atoms with Crippen LogP contribution in [0.1, 0.15) is 92.2 Å². The molecule has 0 bridgehead atoms. The molecule has 0 spiro atoms. The first-order chi connectivity index (χ1) is 32.2. The van der Waals surface area contributed by atoms with Crippen LogP contribution in [-0.4, -0.2) is 126 Å². The van der Waals surface area contributed by atoms with Gasteiger partial charge >= 0.3 is 0 Å². The molecule has 2 aliphatic heterocycles. The molecule has 2 aliphatic rings. The number of carbonyl (C=O) groups is 5. The number of primary amides is 2. The highest BCUT2D eigenvalue weighted by atomic mass is 19.1. The lowest BCUT2D eigenvalue weighted by molar-refractivity contribution is -0.123. The second kappa shape index (κ2) is 19.6. The van der Waals surface area contributed by atoms with Crippen LogP contribution in [0.3, 0.4) is 0 Å². The van der Waals surface area contributed by atoms with E-state index in [0.717, 1.165) is 0 Å². The van der Waals surface area contributed by atoms with Gasteiger partial charge in [-0.05, 0) is 77.3 Å². The van der Waals surface area contributed by atoms with Gasteiger partial charge in [-0.2, -0.15) is 10.2 Å². The SMILES string of the molecule is CCn1nc(C)cc1C(=O)Nc1nc2cc(C(N)=O)cc(OCCCNC(=O)CN3CCOCC3)c2n1CCC[C@H]1COc2cc(C(N)=O)cc3nc(NC(=O)c4c(F)c(C)nn4CC)n1c23. The first kappa shape index (κ1) is 46.1. The van der Waals surface area contributed by atoms with Crippen molar-refractivity contribution in [3.8, 4) is 11.5 Å². The number of imidazole rings is 2. The smallest absolute Gasteiger partial charge is 0.279 e. The summed E-state index contributed by atoms with van der Waals surface area (Å²) in [6.07, 6.45) is 1.25. The fraction of sp³-hybridized carbons (Fsp3) is 0.432. The van der Waals surface area contributed by atoms with Gasteiger partial charge in [-0.1, -0.05) is 0 Å². The normalized spacial score (nSPS) is 14.9. The second-order valence-electron chi connectivity index (χ2n) is 16.3. The van der Waals surface area contributed by atoms with Gasteiger partial charge in [-0.25, -0.2) is 14.4 Å². The van der Waals surface area contributed by atoms with Gasteiger partial charge in [0.05, 0.1) is 54.8 Å². The topological polar surface area (TPSA) is 276 Å². The Balaban J connectivity index is 1.09. The van der Waals surface area contributed by atoms with Gasteiger partial charge in [0.15, 0.2) is 11.5 Å². The molecule has 1 atom stereocenters. The molecule has 22 nitrogen and oxygen atoms in total. The minimum Gasteiger partial charge on any atom is -0.491 e. The molecule has 67 heavy (non-hydrogen) atoms. The molecule has 0 saturated carbocycles. The molecule has 0 radical (unpaired) electrons. The number of morpholine rings is 1. The van der Waals surface area contributed by atoms with Crippen LogP contribution >= 0.6 is 0 Å². The Kier molecular flexibility index (Phi) is 13.5. The number of aryl methyl sites for hydroxylation is 5. The lowest BCUT2D eigenvalue weighted by atomic mass is 10.1. The molecule has 5 amide bonds. The molecule has 4 aromatic heterocycles. The fourth-order valence-corrected chi connectivity index (χ4v) is 8.45. The Morgan fingerprint density at radius 3 is 2.25 bits per heavy atom. The quantitative estimate of drug-likeness (QED) is 0.0732. The van der Waals surface area contributed by atoms with Crippen molar-refractivity contribution in [3.05, 3.63) is 70.1 Å². The van der Waals surface area contributed by atoms with E-state index in [1.165, 1.54) is 35.9 Å². The molecule has 0 unspecified atom stereocenters. The van der Waals surface area contributed by atoms with E-state index in [4.69, 9.17) is 30.7 Å². The van der Waals surface area contributed by atoms with Gasteiger partial charge in [0.2, 0.25) is 29.6 Å². The summed E-state index contributed by atoms with van der Waals surface area (Å²) in [5, 5.41) is 17.2. The molecule has 1 fully saturated rings. The maximum atomic E-state index is 15.3. The summed E-state index contributed by atoms with van der Waals surface area (Å²) in [5.41, 5.74) is 14.1. The van der Waals surface area contributed by atoms with Gasteiger partial charge in [0.25, 0.3) is 11.8 Å². The maximum Gasteiger partial charge on any atom is 0.279 e. The number of anilines is 2. The van der Waals surface area contributed by atoms with Gasteiger partial charge in [0, 0.05) is 50.4 Å². The molecule has 2 aromatic carbocycles. The molecular formula is C44H53FN14O8. The number of fused-ring (bicyclic) bond motifs is 1. The number of rotatable bonds is 19. The molecule has 7 N–H and O–H groups in total. The Labute approximate surface area is 383 Å². The van der Waals surface area contributed by atoms with E-state index >= 15 is 4.39 Å². The third kappa shape index (κ3) is 9.63. The van der Waals surface area contributed by atoms with Crippen LogP contribution in [0.25, 0.3) is 22.1 Å². The second-order valence-corrected chi connectivity index (χ2v) is 16.3. The van der Waals surface area contributed by atoms with Crippen molar-refractivity contribution < 1.29 is 42.6 Å². The van der Waals surface area contributed by atoms with E-state index in [9.17, 15) is 24.0 Å². The highest BCUT2D eigenvalue weighted by Crippen LogP contribution is 2.39. The van der Waals surface area contributed by atoms with Crippen molar-refractivity contribution >= 4 is 63.5 Å². The summed E-state index contributed by atoms with van der Waals surface area (Å²) in [6, 6.07) is 7.28. The third-order valence-corrected chi connectivity index (χ3v) is 11.7. The van der Waals surface area contributed by atoms with E-state index in [-0.39, 0.29) is 78.9 Å². The Hall–Kier alpha value is -7.40. The molecule has 23 heteroatoms. The van der Waals surface area contributed by atoms with Crippen molar-refractivity contribution in [1.82, 2.24) is 48.9 Å². The largest absolute Gasteiger partial charge is 0.491 e. The summed E-state index contributed by atoms with van der Waals surface area (Å²) in [6.45, 7) is 11.2. The van der Waals surface area contributed by atoms with Crippen molar-refractivity contribution in [1.29, 1.82) is 0 Å². The van der Waals surface area contributed by atoms with Gasteiger partial charge in [0.1, 0.15) is 34.8 Å². The van der Waals surface area contributed by atoms with E-state index < -0.39 is 35.5 Å². The Bertz CT molecular complexity index is 2890.